The van der Waals surface area contributed by atoms with E-state index in [0.717, 1.165) is 0 Å². The molecular weight excluding hydrogens is 266 g/mol. The predicted molar refractivity (Wildman–Crippen MR) is 72.2 cm³/mol. The quantitative estimate of drug-likeness (QED) is 0.393. The molecule has 0 saturated heterocycles. The number of hydrogen-bond donors (Lipinski definition) is 0. The predicted octanol–water partition coefficient (Wildman–Crippen LogP) is 2.38. The van der Waals surface area contributed by atoms with E-state index in [0.29, 0.717) is 19.0 Å². The van der Waals surface area contributed by atoms with E-state index in [1.165, 1.54) is 25.3 Å². The third-order valence-electron chi connectivity index (χ3n) is 2.44. The Kier molecular flexibility index (Phi) is 6.75. The lowest BCUT2D eigenvalue weighted by molar-refractivity contribution is -0.386. The fraction of sp³-hybridized carbons (Fsp3) is 0.538. The van der Waals surface area contributed by atoms with E-state index in [1.54, 1.807) is 0 Å². The third kappa shape index (κ3) is 4.67. The molecule has 0 N–H and O–H groups in total. The van der Waals surface area contributed by atoms with Gasteiger partial charge in [-0.15, -0.1) is 0 Å². The minimum absolute atomic E-state index is 0.0652. The molecule has 0 atom stereocenters. The van der Waals surface area contributed by atoms with Gasteiger partial charge in [0.15, 0.2) is 6.29 Å². The number of nitrogens with zero attached hydrogens (tertiary/aromatic N) is 1. The highest BCUT2D eigenvalue weighted by Crippen LogP contribution is 2.31. The third-order valence-corrected chi connectivity index (χ3v) is 2.44. The molecule has 0 amide bonds. The van der Waals surface area contributed by atoms with E-state index < -0.39 is 11.2 Å². The van der Waals surface area contributed by atoms with Gasteiger partial charge in [0.2, 0.25) is 5.75 Å². The zero-order valence-electron chi connectivity index (χ0n) is 11.8. The number of methoxy groups -OCH3 is 1. The number of nitro benzene ring substituents is 1. The molecule has 0 heterocycles. The van der Waals surface area contributed by atoms with Crippen molar-refractivity contribution in [1.29, 1.82) is 0 Å². The van der Waals surface area contributed by atoms with Gasteiger partial charge in [-0.3, -0.25) is 10.1 Å². The van der Waals surface area contributed by atoms with Gasteiger partial charge in [0.05, 0.1) is 12.0 Å². The van der Waals surface area contributed by atoms with Crippen LogP contribution in [0, 0.1) is 10.1 Å². The van der Waals surface area contributed by atoms with Crippen molar-refractivity contribution in [3.8, 4) is 11.5 Å². The van der Waals surface area contributed by atoms with Gasteiger partial charge in [0.1, 0.15) is 12.4 Å². The van der Waals surface area contributed by atoms with E-state index in [9.17, 15) is 10.1 Å². The molecule has 1 aromatic carbocycles. The van der Waals surface area contributed by atoms with E-state index in [-0.39, 0.29) is 18.0 Å². The van der Waals surface area contributed by atoms with Gasteiger partial charge in [-0.05, 0) is 19.9 Å². The van der Waals surface area contributed by atoms with Gasteiger partial charge in [0, 0.05) is 25.3 Å². The van der Waals surface area contributed by atoms with E-state index in [1.807, 2.05) is 13.8 Å². The summed E-state index contributed by atoms with van der Waals surface area (Å²) in [5.74, 6) is 0.605. The molecule has 0 bridgehead atoms. The van der Waals surface area contributed by atoms with Gasteiger partial charge in [-0.1, -0.05) is 0 Å². The Morgan fingerprint density at radius 3 is 2.40 bits per heavy atom. The van der Waals surface area contributed by atoms with Crippen LogP contribution in [0.1, 0.15) is 13.8 Å². The van der Waals surface area contributed by atoms with Crippen LogP contribution < -0.4 is 9.47 Å². The van der Waals surface area contributed by atoms with Crippen molar-refractivity contribution in [2.75, 3.05) is 26.9 Å². The largest absolute Gasteiger partial charge is 0.497 e. The molecule has 1 aromatic rings. The van der Waals surface area contributed by atoms with Crippen molar-refractivity contribution >= 4 is 5.69 Å². The zero-order chi connectivity index (χ0) is 15.0. The Labute approximate surface area is 117 Å². The van der Waals surface area contributed by atoms with Gasteiger partial charge in [0.25, 0.3) is 0 Å². The van der Waals surface area contributed by atoms with Gasteiger partial charge >= 0.3 is 5.69 Å². The van der Waals surface area contributed by atoms with Crippen molar-refractivity contribution in [2.45, 2.75) is 20.1 Å². The molecule has 0 spiro atoms. The molecule has 20 heavy (non-hydrogen) atoms. The molecule has 7 heteroatoms. The lowest BCUT2D eigenvalue weighted by Gasteiger charge is -2.17. The smallest absolute Gasteiger partial charge is 0.311 e. The Hall–Kier alpha value is -1.86. The molecule has 112 valence electrons. The first-order valence-electron chi connectivity index (χ1n) is 6.30. The van der Waals surface area contributed by atoms with Crippen LogP contribution in [0.4, 0.5) is 5.69 Å². The summed E-state index contributed by atoms with van der Waals surface area (Å²) in [4.78, 5) is 10.4. The SMILES string of the molecule is CCOC(COc1cc(OC)ccc1[N+](=O)[O-])OCC. The highest BCUT2D eigenvalue weighted by atomic mass is 16.7. The van der Waals surface area contributed by atoms with E-state index in [4.69, 9.17) is 18.9 Å². The highest BCUT2D eigenvalue weighted by Gasteiger charge is 2.18. The van der Waals surface area contributed by atoms with Crippen LogP contribution in [0.15, 0.2) is 18.2 Å². The molecule has 0 fully saturated rings. The average Bonchev–Trinajstić information content (AvgIpc) is 2.44. The van der Waals surface area contributed by atoms with Gasteiger partial charge in [-0.25, -0.2) is 0 Å². The first-order chi connectivity index (χ1) is 9.62. The summed E-state index contributed by atoms with van der Waals surface area (Å²) in [5, 5.41) is 10.9. The number of nitro groups is 1. The van der Waals surface area contributed by atoms with Crippen LogP contribution in [0.2, 0.25) is 0 Å². The zero-order valence-corrected chi connectivity index (χ0v) is 11.8. The summed E-state index contributed by atoms with van der Waals surface area (Å²) in [6.07, 6.45) is -0.559. The first kappa shape index (κ1) is 16.2. The number of rotatable bonds is 9. The summed E-state index contributed by atoms with van der Waals surface area (Å²) in [5.41, 5.74) is -0.127. The second-order valence-electron chi connectivity index (χ2n) is 3.74. The maximum absolute atomic E-state index is 10.9. The van der Waals surface area contributed by atoms with Crippen molar-refractivity contribution in [3.05, 3.63) is 28.3 Å². The van der Waals surface area contributed by atoms with Crippen molar-refractivity contribution in [3.63, 3.8) is 0 Å². The average molecular weight is 285 g/mol. The van der Waals surface area contributed by atoms with Crippen molar-refractivity contribution in [1.82, 2.24) is 0 Å². The monoisotopic (exact) mass is 285 g/mol. The second kappa shape index (κ2) is 8.34. The topological polar surface area (TPSA) is 80.1 Å². The van der Waals surface area contributed by atoms with Crippen LogP contribution in [0.3, 0.4) is 0 Å². The van der Waals surface area contributed by atoms with Crippen LogP contribution in [-0.4, -0.2) is 38.1 Å². The lowest BCUT2D eigenvalue weighted by Crippen LogP contribution is -2.25. The maximum atomic E-state index is 10.9. The highest BCUT2D eigenvalue weighted by molar-refractivity contribution is 5.50. The molecule has 7 nitrogen and oxygen atoms in total. The Morgan fingerprint density at radius 2 is 1.90 bits per heavy atom. The van der Waals surface area contributed by atoms with Crippen LogP contribution in [0.5, 0.6) is 11.5 Å². The standard InChI is InChI=1S/C13H19NO6/c1-4-18-13(19-5-2)9-20-12-8-10(17-3)6-7-11(12)14(15)16/h6-8,13H,4-5,9H2,1-3H3. The normalized spacial score (nSPS) is 10.6. The van der Waals surface area contributed by atoms with Crippen molar-refractivity contribution < 1.29 is 23.9 Å². The molecule has 0 aliphatic carbocycles. The molecule has 0 aromatic heterocycles. The molecule has 1 rings (SSSR count). The number of ether oxygens (including phenoxy) is 4. The van der Waals surface area contributed by atoms with Gasteiger partial charge < -0.3 is 18.9 Å². The second-order valence-corrected chi connectivity index (χ2v) is 3.74. The fourth-order valence-electron chi connectivity index (χ4n) is 1.56. The number of hydrogen-bond acceptors (Lipinski definition) is 6. The molecule has 0 unspecified atom stereocenters. The first-order valence-corrected chi connectivity index (χ1v) is 6.30. The molecule has 0 saturated carbocycles. The van der Waals surface area contributed by atoms with Crippen LogP contribution in [-0.2, 0) is 9.47 Å². The lowest BCUT2D eigenvalue weighted by atomic mass is 10.3. The summed E-state index contributed by atoms with van der Waals surface area (Å²) >= 11 is 0. The van der Waals surface area contributed by atoms with Crippen molar-refractivity contribution in [2.24, 2.45) is 0 Å². The molecule has 0 aliphatic heterocycles. The van der Waals surface area contributed by atoms with E-state index in [2.05, 4.69) is 0 Å². The number of benzene rings is 1. The summed E-state index contributed by atoms with van der Waals surface area (Å²) < 4.78 is 21.1. The summed E-state index contributed by atoms with van der Waals surface area (Å²) in [6, 6.07) is 4.31. The van der Waals surface area contributed by atoms with Gasteiger partial charge in [-0.2, -0.15) is 0 Å². The Morgan fingerprint density at radius 1 is 1.25 bits per heavy atom. The van der Waals surface area contributed by atoms with Crippen LogP contribution >= 0.6 is 0 Å². The molecule has 0 radical (unpaired) electrons. The Balaban J connectivity index is 2.80. The summed E-state index contributed by atoms with van der Waals surface area (Å²) in [7, 11) is 1.48. The fourth-order valence-corrected chi connectivity index (χ4v) is 1.56. The summed E-state index contributed by atoms with van der Waals surface area (Å²) in [6.45, 7) is 4.66. The van der Waals surface area contributed by atoms with E-state index >= 15 is 0 Å². The Bertz CT molecular complexity index is 431. The minimum Gasteiger partial charge on any atom is -0.497 e. The van der Waals surface area contributed by atoms with Crippen LogP contribution in [0.25, 0.3) is 0 Å². The minimum atomic E-state index is -0.559. The maximum Gasteiger partial charge on any atom is 0.311 e. The molecule has 0 aliphatic rings. The molecular formula is C13H19NO6.